The van der Waals surface area contributed by atoms with Gasteiger partial charge in [-0.3, -0.25) is 14.5 Å². The number of aryl methyl sites for hydroxylation is 2. The van der Waals surface area contributed by atoms with E-state index in [4.69, 9.17) is 0 Å². The smallest absolute Gasteiger partial charge is 0.310 e. The number of nitrogens with zero attached hydrogens (tertiary/aromatic N) is 1. The van der Waals surface area contributed by atoms with Crippen LogP contribution >= 0.6 is 11.3 Å². The Morgan fingerprint density at radius 2 is 1.76 bits per heavy atom. The van der Waals surface area contributed by atoms with Gasteiger partial charge in [0.05, 0.1) is 5.69 Å². The maximum absolute atomic E-state index is 12.5. The van der Waals surface area contributed by atoms with Gasteiger partial charge in [0.1, 0.15) is 0 Å². The van der Waals surface area contributed by atoms with Gasteiger partial charge in [-0.15, -0.1) is 11.3 Å². The first-order valence-corrected chi connectivity index (χ1v) is 9.51. The van der Waals surface area contributed by atoms with Crippen LogP contribution in [0.5, 0.6) is 0 Å². The molecule has 0 amide bonds. The van der Waals surface area contributed by atoms with Gasteiger partial charge in [-0.1, -0.05) is 29.8 Å². The molecule has 0 spiro atoms. The number of hydrogen-bond donors (Lipinski definition) is 3. The molecule has 2 aromatic heterocycles. The highest BCUT2D eigenvalue weighted by atomic mass is 32.2. The highest BCUT2D eigenvalue weighted by molar-refractivity contribution is 7.93. The Kier molecular flexibility index (Phi) is 4.31. The number of thiazole rings is 1. The van der Waals surface area contributed by atoms with Gasteiger partial charge in [0.15, 0.2) is 10.0 Å². The molecule has 0 unspecified atom stereocenters. The molecule has 0 atom stereocenters. The summed E-state index contributed by atoms with van der Waals surface area (Å²) in [6, 6.07) is 7.64. The zero-order valence-corrected chi connectivity index (χ0v) is 14.9. The minimum atomic E-state index is -4.18. The maximum atomic E-state index is 12.5. The van der Waals surface area contributed by atoms with E-state index in [1.54, 1.807) is 5.38 Å². The van der Waals surface area contributed by atoms with Crippen LogP contribution in [-0.4, -0.2) is 23.4 Å². The second-order valence-corrected chi connectivity index (χ2v) is 7.85. The average Bonchev–Trinajstić information content (AvgIpc) is 2.94. The Morgan fingerprint density at radius 1 is 1.08 bits per heavy atom. The fraction of sp³-hybridized carbons (Fsp3) is 0.133. The number of hydrogen-bond acceptors (Lipinski definition) is 6. The quantitative estimate of drug-likeness (QED) is 0.636. The van der Waals surface area contributed by atoms with Crippen LogP contribution in [-0.2, 0) is 10.0 Å². The van der Waals surface area contributed by atoms with Gasteiger partial charge in [-0.05, 0) is 13.8 Å². The van der Waals surface area contributed by atoms with Gasteiger partial charge in [-0.25, -0.2) is 18.2 Å². The Morgan fingerprint density at radius 3 is 2.40 bits per heavy atom. The van der Waals surface area contributed by atoms with Gasteiger partial charge < -0.3 is 4.98 Å². The molecule has 25 heavy (non-hydrogen) atoms. The summed E-state index contributed by atoms with van der Waals surface area (Å²) in [5.74, 6) is 0. The molecule has 0 fully saturated rings. The van der Waals surface area contributed by atoms with Crippen molar-refractivity contribution in [1.29, 1.82) is 0 Å². The third kappa shape index (κ3) is 3.54. The van der Waals surface area contributed by atoms with Gasteiger partial charge in [0.25, 0.3) is 15.6 Å². The summed E-state index contributed by atoms with van der Waals surface area (Å²) < 4.78 is 27.2. The number of benzene rings is 1. The van der Waals surface area contributed by atoms with Crippen molar-refractivity contribution >= 4 is 26.5 Å². The van der Waals surface area contributed by atoms with Crippen LogP contribution in [0.4, 0.5) is 5.13 Å². The lowest BCUT2D eigenvalue weighted by Crippen LogP contribution is -2.31. The standard InChI is InChI=1S/C15H14N4O4S2/c1-8-3-5-10(6-4-8)11-7-24-15(17-11)19-25(22,23)12-9(2)16-14(21)18-13(12)20/h3-7H,1-2H3,(H,17,19)(H2,16,18,20,21). The lowest BCUT2D eigenvalue weighted by molar-refractivity contribution is 0.598. The fourth-order valence-electron chi connectivity index (χ4n) is 2.26. The third-order valence-electron chi connectivity index (χ3n) is 3.42. The second-order valence-electron chi connectivity index (χ2n) is 5.37. The predicted molar refractivity (Wildman–Crippen MR) is 95.5 cm³/mol. The largest absolute Gasteiger partial charge is 0.325 e. The Labute approximate surface area is 146 Å². The number of aromatic nitrogens is 3. The molecule has 3 rings (SSSR count). The fourth-order valence-corrected chi connectivity index (χ4v) is 4.47. The van der Waals surface area contributed by atoms with Crippen molar-refractivity contribution in [3.05, 3.63) is 61.7 Å². The van der Waals surface area contributed by atoms with Crippen LogP contribution in [0.1, 0.15) is 11.3 Å². The van der Waals surface area contributed by atoms with E-state index in [9.17, 15) is 18.0 Å². The second kappa shape index (κ2) is 6.30. The van der Waals surface area contributed by atoms with E-state index < -0.39 is 26.2 Å². The van der Waals surface area contributed by atoms with Crippen molar-refractivity contribution in [2.45, 2.75) is 18.7 Å². The molecule has 8 nitrogen and oxygen atoms in total. The van der Waals surface area contributed by atoms with E-state index in [0.717, 1.165) is 22.5 Å². The Balaban J connectivity index is 1.94. The van der Waals surface area contributed by atoms with Crippen LogP contribution < -0.4 is 16.0 Å². The van der Waals surface area contributed by atoms with Crippen LogP contribution in [0.15, 0.2) is 44.1 Å². The molecule has 0 aliphatic rings. The first-order valence-electron chi connectivity index (χ1n) is 7.15. The number of H-pyrrole nitrogens is 2. The summed E-state index contributed by atoms with van der Waals surface area (Å²) in [6.45, 7) is 3.30. The number of aromatic amines is 2. The van der Waals surface area contributed by atoms with E-state index in [1.807, 2.05) is 36.2 Å². The summed E-state index contributed by atoms with van der Waals surface area (Å²) in [5, 5.41) is 1.84. The molecular weight excluding hydrogens is 364 g/mol. The van der Waals surface area contributed by atoms with Crippen molar-refractivity contribution in [3.8, 4) is 11.3 Å². The molecule has 130 valence electrons. The molecule has 3 aromatic rings. The van der Waals surface area contributed by atoms with E-state index in [1.165, 1.54) is 6.92 Å². The molecule has 0 aliphatic carbocycles. The normalized spacial score (nSPS) is 11.4. The molecule has 10 heteroatoms. The minimum absolute atomic E-state index is 0.0448. The molecule has 0 saturated carbocycles. The predicted octanol–water partition coefficient (Wildman–Crippen LogP) is 1.60. The van der Waals surface area contributed by atoms with Gasteiger partial charge in [0, 0.05) is 16.6 Å². The third-order valence-corrected chi connectivity index (χ3v) is 5.79. The van der Waals surface area contributed by atoms with Crippen molar-refractivity contribution in [1.82, 2.24) is 15.0 Å². The van der Waals surface area contributed by atoms with Crippen molar-refractivity contribution in [2.75, 3.05) is 4.72 Å². The summed E-state index contributed by atoms with van der Waals surface area (Å²) in [4.78, 5) is 30.9. The molecule has 2 heterocycles. The van der Waals surface area contributed by atoms with E-state index in [0.29, 0.717) is 5.69 Å². The van der Waals surface area contributed by atoms with Crippen LogP contribution in [0.3, 0.4) is 0 Å². The summed E-state index contributed by atoms with van der Waals surface area (Å²) >= 11 is 1.10. The molecular formula is C15H14N4O4S2. The maximum Gasteiger partial charge on any atom is 0.325 e. The molecule has 3 N–H and O–H groups in total. The number of sulfonamides is 1. The monoisotopic (exact) mass is 378 g/mol. The van der Waals surface area contributed by atoms with Crippen molar-refractivity contribution < 1.29 is 8.42 Å². The average molecular weight is 378 g/mol. The SMILES string of the molecule is Cc1ccc(-c2csc(NS(=O)(=O)c3c(C)[nH]c(=O)[nH]c3=O)n2)cc1. The number of rotatable bonds is 4. The molecule has 0 aliphatic heterocycles. The Hall–Kier alpha value is -2.72. The number of anilines is 1. The summed E-state index contributed by atoms with van der Waals surface area (Å²) in [6.07, 6.45) is 0. The lowest BCUT2D eigenvalue weighted by Gasteiger charge is -2.06. The number of nitrogens with one attached hydrogen (secondary N) is 3. The van der Waals surface area contributed by atoms with Crippen molar-refractivity contribution in [2.24, 2.45) is 0 Å². The lowest BCUT2D eigenvalue weighted by atomic mass is 10.1. The molecule has 0 radical (unpaired) electrons. The van der Waals surface area contributed by atoms with Gasteiger partial charge >= 0.3 is 5.69 Å². The van der Waals surface area contributed by atoms with Crippen LogP contribution in [0, 0.1) is 13.8 Å². The van der Waals surface area contributed by atoms with E-state index in [-0.39, 0.29) is 10.8 Å². The topological polar surface area (TPSA) is 125 Å². The van der Waals surface area contributed by atoms with E-state index in [2.05, 4.69) is 14.7 Å². The molecule has 1 aromatic carbocycles. The highest BCUT2D eigenvalue weighted by Crippen LogP contribution is 2.26. The molecule has 0 saturated heterocycles. The first kappa shape index (κ1) is 17.1. The summed E-state index contributed by atoms with van der Waals surface area (Å²) in [5.41, 5.74) is 0.783. The first-order chi connectivity index (χ1) is 11.8. The highest BCUT2D eigenvalue weighted by Gasteiger charge is 2.23. The minimum Gasteiger partial charge on any atom is -0.310 e. The zero-order chi connectivity index (χ0) is 18.2. The van der Waals surface area contributed by atoms with Crippen LogP contribution in [0.25, 0.3) is 11.3 Å². The van der Waals surface area contributed by atoms with Gasteiger partial charge in [0.2, 0.25) is 0 Å². The van der Waals surface area contributed by atoms with E-state index >= 15 is 0 Å². The van der Waals surface area contributed by atoms with Gasteiger partial charge in [-0.2, -0.15) is 0 Å². The molecule has 0 bridgehead atoms. The Bertz CT molecular complexity index is 1140. The van der Waals surface area contributed by atoms with Crippen LogP contribution in [0.2, 0.25) is 0 Å². The van der Waals surface area contributed by atoms with Crippen molar-refractivity contribution in [3.63, 3.8) is 0 Å². The zero-order valence-electron chi connectivity index (χ0n) is 13.3. The summed E-state index contributed by atoms with van der Waals surface area (Å²) in [7, 11) is -4.18.